The predicted octanol–water partition coefficient (Wildman–Crippen LogP) is 3.35. The van der Waals surface area contributed by atoms with Crippen LogP contribution in [-0.4, -0.2) is 26.8 Å². The van der Waals surface area contributed by atoms with Gasteiger partial charge < -0.3 is 10.4 Å². The molecule has 0 spiro atoms. The van der Waals surface area contributed by atoms with E-state index in [1.807, 2.05) is 18.5 Å². The second kappa shape index (κ2) is 7.29. The Kier molecular flexibility index (Phi) is 5.39. The van der Waals surface area contributed by atoms with E-state index in [0.717, 1.165) is 18.7 Å². The lowest BCUT2D eigenvalue weighted by molar-refractivity contribution is -0.138. The zero-order chi connectivity index (χ0) is 17.9. The minimum Gasteiger partial charge on any atom is -0.481 e. The average Bonchev–Trinajstić information content (AvgIpc) is 2.81. The fourth-order valence-corrected chi connectivity index (χ4v) is 2.65. The molecule has 6 heteroatoms. The van der Waals surface area contributed by atoms with Crippen LogP contribution in [0.1, 0.15) is 53.5 Å². The summed E-state index contributed by atoms with van der Waals surface area (Å²) < 4.78 is 1.85. The Labute approximate surface area is 141 Å². The van der Waals surface area contributed by atoms with Crippen molar-refractivity contribution < 1.29 is 14.7 Å². The molecule has 0 aliphatic carbocycles. The number of aromatic nitrogens is 2. The number of carboxylic acids is 1. The SMILES string of the molecule is CCCn1nc(C)c(C(=O)Nc2ccc([C@@H](C)C(=O)O)cc2)c1C. The lowest BCUT2D eigenvalue weighted by Crippen LogP contribution is -2.14. The highest BCUT2D eigenvalue weighted by Crippen LogP contribution is 2.20. The zero-order valence-corrected chi connectivity index (χ0v) is 14.5. The molecule has 6 nitrogen and oxygen atoms in total. The Balaban J connectivity index is 2.17. The maximum absolute atomic E-state index is 12.5. The van der Waals surface area contributed by atoms with Crippen molar-refractivity contribution in [3.05, 3.63) is 46.8 Å². The van der Waals surface area contributed by atoms with Crippen molar-refractivity contribution in [3.63, 3.8) is 0 Å². The number of nitrogens with one attached hydrogen (secondary N) is 1. The van der Waals surface area contributed by atoms with E-state index in [1.54, 1.807) is 31.2 Å². The lowest BCUT2D eigenvalue weighted by Gasteiger charge is -2.09. The molecule has 0 aliphatic heterocycles. The number of hydrogen-bond acceptors (Lipinski definition) is 3. The van der Waals surface area contributed by atoms with Crippen molar-refractivity contribution in [1.29, 1.82) is 0 Å². The maximum Gasteiger partial charge on any atom is 0.310 e. The first-order chi connectivity index (χ1) is 11.3. The van der Waals surface area contributed by atoms with Crippen LogP contribution >= 0.6 is 0 Å². The highest BCUT2D eigenvalue weighted by Gasteiger charge is 2.19. The normalized spacial score (nSPS) is 12.0. The number of nitrogens with zero attached hydrogens (tertiary/aromatic N) is 2. The maximum atomic E-state index is 12.5. The first kappa shape index (κ1) is 17.7. The molecule has 2 aromatic rings. The molecule has 1 atom stereocenters. The summed E-state index contributed by atoms with van der Waals surface area (Å²) in [6.07, 6.45) is 0.951. The van der Waals surface area contributed by atoms with E-state index in [0.29, 0.717) is 22.5 Å². The molecule has 0 aliphatic rings. The van der Waals surface area contributed by atoms with Crippen LogP contribution < -0.4 is 5.32 Å². The summed E-state index contributed by atoms with van der Waals surface area (Å²) in [5, 5.41) is 16.3. The van der Waals surface area contributed by atoms with Gasteiger partial charge in [-0.1, -0.05) is 19.1 Å². The van der Waals surface area contributed by atoms with Crippen molar-refractivity contribution in [3.8, 4) is 0 Å². The Hall–Kier alpha value is -2.63. The van der Waals surface area contributed by atoms with Crippen LogP contribution in [0.25, 0.3) is 0 Å². The van der Waals surface area contributed by atoms with E-state index in [1.165, 1.54) is 0 Å². The van der Waals surface area contributed by atoms with E-state index in [9.17, 15) is 9.59 Å². The fourth-order valence-electron chi connectivity index (χ4n) is 2.65. The Morgan fingerprint density at radius 1 is 1.25 bits per heavy atom. The average molecular weight is 329 g/mol. The third-order valence-corrected chi connectivity index (χ3v) is 4.08. The van der Waals surface area contributed by atoms with Gasteiger partial charge in [-0.15, -0.1) is 0 Å². The number of carboxylic acid groups (broad SMARTS) is 1. The van der Waals surface area contributed by atoms with E-state index >= 15 is 0 Å². The van der Waals surface area contributed by atoms with Gasteiger partial charge in [0.15, 0.2) is 0 Å². The molecule has 2 N–H and O–H groups in total. The first-order valence-corrected chi connectivity index (χ1v) is 8.03. The number of aliphatic carboxylic acids is 1. The molecule has 128 valence electrons. The van der Waals surface area contributed by atoms with Crippen LogP contribution in [0.3, 0.4) is 0 Å². The Morgan fingerprint density at radius 3 is 2.42 bits per heavy atom. The van der Waals surface area contributed by atoms with Gasteiger partial charge in [0.1, 0.15) is 0 Å². The third kappa shape index (κ3) is 3.64. The molecule has 1 amide bonds. The monoisotopic (exact) mass is 329 g/mol. The van der Waals surface area contributed by atoms with Crippen LogP contribution in [-0.2, 0) is 11.3 Å². The number of carbonyl (C=O) groups is 2. The molecule has 0 saturated heterocycles. The molecule has 1 aromatic carbocycles. The number of carbonyl (C=O) groups excluding carboxylic acids is 1. The number of benzene rings is 1. The van der Waals surface area contributed by atoms with Gasteiger partial charge in [-0.05, 0) is 44.9 Å². The van der Waals surface area contributed by atoms with Crippen molar-refractivity contribution in [2.24, 2.45) is 0 Å². The van der Waals surface area contributed by atoms with Crippen LogP contribution in [0.5, 0.6) is 0 Å². The summed E-state index contributed by atoms with van der Waals surface area (Å²) in [5.41, 5.74) is 3.47. The molecule has 24 heavy (non-hydrogen) atoms. The Bertz CT molecular complexity index is 748. The van der Waals surface area contributed by atoms with Gasteiger partial charge in [-0.2, -0.15) is 5.10 Å². The van der Waals surface area contributed by atoms with E-state index in [4.69, 9.17) is 5.11 Å². The topological polar surface area (TPSA) is 84.2 Å². The van der Waals surface area contributed by atoms with Gasteiger partial charge in [-0.3, -0.25) is 14.3 Å². The van der Waals surface area contributed by atoms with Gasteiger partial charge in [0, 0.05) is 17.9 Å². The van der Waals surface area contributed by atoms with Crippen molar-refractivity contribution >= 4 is 17.6 Å². The van der Waals surface area contributed by atoms with Crippen LogP contribution in [0, 0.1) is 13.8 Å². The van der Waals surface area contributed by atoms with Crippen LogP contribution in [0.15, 0.2) is 24.3 Å². The highest BCUT2D eigenvalue weighted by atomic mass is 16.4. The molecule has 1 aromatic heterocycles. The molecule has 0 bridgehead atoms. The summed E-state index contributed by atoms with van der Waals surface area (Å²) >= 11 is 0. The molecule has 2 rings (SSSR count). The van der Waals surface area contributed by atoms with E-state index < -0.39 is 11.9 Å². The summed E-state index contributed by atoms with van der Waals surface area (Å²) in [6, 6.07) is 6.87. The van der Waals surface area contributed by atoms with Crippen LogP contribution in [0.2, 0.25) is 0 Å². The Morgan fingerprint density at radius 2 is 1.88 bits per heavy atom. The minimum atomic E-state index is -0.874. The van der Waals surface area contributed by atoms with E-state index in [2.05, 4.69) is 17.3 Å². The van der Waals surface area contributed by atoms with Crippen molar-refractivity contribution in [1.82, 2.24) is 9.78 Å². The molecule has 1 heterocycles. The smallest absolute Gasteiger partial charge is 0.310 e. The standard InChI is InChI=1S/C18H23N3O3/c1-5-10-21-13(4)16(12(3)20-21)17(22)19-15-8-6-14(7-9-15)11(2)18(23)24/h6-9,11H,5,10H2,1-4H3,(H,19,22)(H,23,24)/t11-/m1/s1. The number of rotatable bonds is 6. The van der Waals surface area contributed by atoms with Gasteiger partial charge in [-0.25, -0.2) is 0 Å². The zero-order valence-electron chi connectivity index (χ0n) is 14.5. The van der Waals surface area contributed by atoms with Gasteiger partial charge in [0.05, 0.1) is 17.2 Å². The minimum absolute atomic E-state index is 0.202. The highest BCUT2D eigenvalue weighted by molar-refractivity contribution is 6.05. The van der Waals surface area contributed by atoms with E-state index in [-0.39, 0.29) is 5.91 Å². The lowest BCUT2D eigenvalue weighted by atomic mass is 10.0. The van der Waals surface area contributed by atoms with Crippen LogP contribution in [0.4, 0.5) is 5.69 Å². The third-order valence-electron chi connectivity index (χ3n) is 4.08. The first-order valence-electron chi connectivity index (χ1n) is 8.03. The summed E-state index contributed by atoms with van der Waals surface area (Å²) in [7, 11) is 0. The number of hydrogen-bond donors (Lipinski definition) is 2. The van der Waals surface area contributed by atoms with Gasteiger partial charge in [0.25, 0.3) is 5.91 Å². The molecule has 0 radical (unpaired) electrons. The molecule has 0 fully saturated rings. The second-order valence-corrected chi connectivity index (χ2v) is 5.91. The number of anilines is 1. The largest absolute Gasteiger partial charge is 0.481 e. The summed E-state index contributed by atoms with van der Waals surface area (Å²) in [6.45, 7) is 8.19. The summed E-state index contributed by atoms with van der Waals surface area (Å²) in [4.78, 5) is 23.5. The quantitative estimate of drug-likeness (QED) is 0.851. The number of aryl methyl sites for hydroxylation is 2. The fraction of sp³-hybridized carbons (Fsp3) is 0.389. The molecular weight excluding hydrogens is 306 g/mol. The predicted molar refractivity (Wildman–Crippen MR) is 92.4 cm³/mol. The molecule has 0 unspecified atom stereocenters. The van der Waals surface area contributed by atoms with Gasteiger partial charge >= 0.3 is 5.97 Å². The van der Waals surface area contributed by atoms with Crippen molar-refractivity contribution in [2.45, 2.75) is 46.6 Å². The second-order valence-electron chi connectivity index (χ2n) is 5.91. The molecular formula is C18H23N3O3. The summed E-state index contributed by atoms with van der Waals surface area (Å²) in [5.74, 6) is -1.65. The molecule has 0 saturated carbocycles. The van der Waals surface area contributed by atoms with Crippen molar-refractivity contribution in [2.75, 3.05) is 5.32 Å². The number of amides is 1. The van der Waals surface area contributed by atoms with Gasteiger partial charge in [0.2, 0.25) is 0 Å².